The molecule has 0 unspecified atom stereocenters. The lowest BCUT2D eigenvalue weighted by molar-refractivity contribution is 0.112. The zero-order chi connectivity index (χ0) is 11.8. The van der Waals surface area contributed by atoms with Gasteiger partial charge in [0.15, 0.2) is 11.6 Å². The van der Waals surface area contributed by atoms with Gasteiger partial charge in [-0.2, -0.15) is 0 Å². The van der Waals surface area contributed by atoms with Crippen molar-refractivity contribution in [1.29, 1.82) is 0 Å². The van der Waals surface area contributed by atoms with Crippen molar-refractivity contribution in [2.45, 2.75) is 12.8 Å². The molecule has 16 heavy (non-hydrogen) atoms. The summed E-state index contributed by atoms with van der Waals surface area (Å²) in [5.74, 6) is -0.320. The molecule has 1 aromatic rings. The second kappa shape index (κ2) is 6.95. The van der Waals surface area contributed by atoms with E-state index < -0.39 is 5.82 Å². The molecule has 0 aliphatic rings. The molecular weight excluding hydrogens is 211 g/mol. The van der Waals surface area contributed by atoms with E-state index in [1.165, 1.54) is 12.1 Å². The highest BCUT2D eigenvalue weighted by molar-refractivity contribution is 5.74. The highest BCUT2D eigenvalue weighted by Crippen LogP contribution is 2.17. The fourth-order valence-corrected chi connectivity index (χ4v) is 1.24. The molecule has 0 radical (unpaired) electrons. The van der Waals surface area contributed by atoms with E-state index in [0.717, 1.165) is 18.9 Å². The van der Waals surface area contributed by atoms with Crippen molar-refractivity contribution in [3.8, 4) is 5.75 Å². The van der Waals surface area contributed by atoms with E-state index in [1.807, 2.05) is 0 Å². The van der Waals surface area contributed by atoms with E-state index in [0.29, 0.717) is 25.1 Å². The molecule has 0 fully saturated rings. The van der Waals surface area contributed by atoms with Crippen LogP contribution in [-0.4, -0.2) is 26.6 Å². The standard InChI is InChI=1S/C12H15FO3/c1-15-6-2-3-7-16-12-5-4-10(9-14)8-11(12)13/h4-5,8-9H,2-3,6-7H2,1H3. The zero-order valence-corrected chi connectivity index (χ0v) is 9.24. The van der Waals surface area contributed by atoms with Crippen LogP contribution in [-0.2, 0) is 4.74 Å². The number of rotatable bonds is 7. The van der Waals surface area contributed by atoms with Gasteiger partial charge in [-0.3, -0.25) is 4.79 Å². The molecule has 0 spiro atoms. The van der Waals surface area contributed by atoms with Gasteiger partial charge in [0.2, 0.25) is 0 Å². The normalized spacial score (nSPS) is 10.1. The largest absolute Gasteiger partial charge is 0.491 e. The van der Waals surface area contributed by atoms with Gasteiger partial charge < -0.3 is 9.47 Å². The summed E-state index contributed by atoms with van der Waals surface area (Å²) in [5, 5.41) is 0. The van der Waals surface area contributed by atoms with Crippen LogP contribution in [0.3, 0.4) is 0 Å². The molecule has 0 amide bonds. The van der Waals surface area contributed by atoms with Crippen LogP contribution in [0.4, 0.5) is 4.39 Å². The van der Waals surface area contributed by atoms with Crippen LogP contribution < -0.4 is 4.74 Å². The number of hydrogen-bond acceptors (Lipinski definition) is 3. The van der Waals surface area contributed by atoms with Gasteiger partial charge >= 0.3 is 0 Å². The Morgan fingerprint density at radius 3 is 2.69 bits per heavy atom. The molecule has 0 saturated heterocycles. The third kappa shape index (κ3) is 3.98. The van der Waals surface area contributed by atoms with E-state index in [1.54, 1.807) is 7.11 Å². The van der Waals surface area contributed by atoms with Crippen molar-refractivity contribution < 1.29 is 18.7 Å². The Hall–Kier alpha value is -1.42. The summed E-state index contributed by atoms with van der Waals surface area (Å²) in [4.78, 5) is 10.4. The van der Waals surface area contributed by atoms with Crippen LogP contribution in [0.5, 0.6) is 5.75 Å². The quantitative estimate of drug-likeness (QED) is 0.529. The molecule has 88 valence electrons. The molecule has 0 aliphatic heterocycles. The molecule has 0 bridgehead atoms. The average Bonchev–Trinajstić information content (AvgIpc) is 2.30. The summed E-state index contributed by atoms with van der Waals surface area (Å²) in [5.41, 5.74) is 0.309. The molecule has 0 saturated carbocycles. The second-order valence-corrected chi connectivity index (χ2v) is 3.36. The molecule has 3 nitrogen and oxygen atoms in total. The first-order valence-corrected chi connectivity index (χ1v) is 5.14. The van der Waals surface area contributed by atoms with Crippen LogP contribution in [0, 0.1) is 5.82 Å². The van der Waals surface area contributed by atoms with Crippen LogP contribution in [0.25, 0.3) is 0 Å². The summed E-state index contributed by atoms with van der Waals surface area (Å²) in [6, 6.07) is 4.16. The number of benzene rings is 1. The van der Waals surface area contributed by atoms with Crippen LogP contribution >= 0.6 is 0 Å². The Labute approximate surface area is 94.2 Å². The Bertz CT molecular complexity index is 339. The van der Waals surface area contributed by atoms with Crippen LogP contribution in [0.1, 0.15) is 23.2 Å². The molecule has 1 aromatic carbocycles. The Morgan fingerprint density at radius 2 is 2.06 bits per heavy atom. The second-order valence-electron chi connectivity index (χ2n) is 3.36. The predicted molar refractivity (Wildman–Crippen MR) is 58.4 cm³/mol. The number of methoxy groups -OCH3 is 1. The lowest BCUT2D eigenvalue weighted by Gasteiger charge is -2.07. The van der Waals surface area contributed by atoms with Crippen molar-refractivity contribution in [3.05, 3.63) is 29.6 Å². The minimum absolute atomic E-state index is 0.183. The summed E-state index contributed by atoms with van der Waals surface area (Å²) in [6.45, 7) is 1.12. The minimum Gasteiger partial charge on any atom is -0.491 e. The van der Waals surface area contributed by atoms with Gasteiger partial charge in [0, 0.05) is 19.3 Å². The van der Waals surface area contributed by atoms with E-state index in [2.05, 4.69) is 0 Å². The predicted octanol–water partition coefficient (Wildman–Crippen LogP) is 2.44. The number of hydrogen-bond donors (Lipinski definition) is 0. The zero-order valence-electron chi connectivity index (χ0n) is 9.24. The summed E-state index contributed by atoms with van der Waals surface area (Å²) < 4.78 is 23.4. The number of halogens is 1. The topological polar surface area (TPSA) is 35.5 Å². The summed E-state index contributed by atoms with van der Waals surface area (Å²) >= 11 is 0. The van der Waals surface area contributed by atoms with Crippen LogP contribution in [0.15, 0.2) is 18.2 Å². The molecule has 0 heterocycles. The Balaban J connectivity index is 2.39. The minimum atomic E-state index is -0.503. The van der Waals surface area contributed by atoms with Gasteiger partial charge in [0.25, 0.3) is 0 Å². The fourth-order valence-electron chi connectivity index (χ4n) is 1.24. The SMILES string of the molecule is COCCCCOc1ccc(C=O)cc1F. The number of carbonyl (C=O) groups excluding carboxylic acids is 1. The molecule has 1 rings (SSSR count). The fraction of sp³-hybridized carbons (Fsp3) is 0.417. The smallest absolute Gasteiger partial charge is 0.165 e. The number of unbranched alkanes of at least 4 members (excludes halogenated alkanes) is 1. The molecule has 0 aromatic heterocycles. The molecule has 0 atom stereocenters. The number of ether oxygens (including phenoxy) is 2. The van der Waals surface area contributed by atoms with Gasteiger partial charge in [-0.15, -0.1) is 0 Å². The summed E-state index contributed by atoms with van der Waals surface area (Å²) in [7, 11) is 1.64. The lowest BCUT2D eigenvalue weighted by atomic mass is 10.2. The van der Waals surface area contributed by atoms with Crippen LogP contribution in [0.2, 0.25) is 0 Å². The third-order valence-electron chi connectivity index (χ3n) is 2.09. The van der Waals surface area contributed by atoms with Gasteiger partial charge in [-0.1, -0.05) is 0 Å². The van der Waals surface area contributed by atoms with Gasteiger partial charge in [0.05, 0.1) is 6.61 Å². The number of aldehydes is 1. The first kappa shape index (κ1) is 12.6. The van der Waals surface area contributed by atoms with E-state index in [9.17, 15) is 9.18 Å². The van der Waals surface area contributed by atoms with Crippen molar-refractivity contribution in [2.75, 3.05) is 20.3 Å². The molecule has 4 heteroatoms. The van der Waals surface area contributed by atoms with Gasteiger partial charge in [-0.05, 0) is 31.0 Å². The lowest BCUT2D eigenvalue weighted by Crippen LogP contribution is -2.01. The Kier molecular flexibility index (Phi) is 5.50. The highest BCUT2D eigenvalue weighted by Gasteiger charge is 2.03. The van der Waals surface area contributed by atoms with E-state index in [4.69, 9.17) is 9.47 Å². The Morgan fingerprint density at radius 1 is 1.31 bits per heavy atom. The van der Waals surface area contributed by atoms with Crippen molar-refractivity contribution in [2.24, 2.45) is 0 Å². The van der Waals surface area contributed by atoms with E-state index in [-0.39, 0.29) is 5.75 Å². The van der Waals surface area contributed by atoms with E-state index >= 15 is 0 Å². The maximum atomic E-state index is 13.3. The highest BCUT2D eigenvalue weighted by atomic mass is 19.1. The summed E-state index contributed by atoms with van der Waals surface area (Å²) in [6.07, 6.45) is 2.29. The maximum Gasteiger partial charge on any atom is 0.165 e. The first-order valence-electron chi connectivity index (χ1n) is 5.14. The first-order chi connectivity index (χ1) is 7.77. The molecular formula is C12H15FO3. The third-order valence-corrected chi connectivity index (χ3v) is 2.09. The van der Waals surface area contributed by atoms with Crippen molar-refractivity contribution in [3.63, 3.8) is 0 Å². The average molecular weight is 226 g/mol. The van der Waals surface area contributed by atoms with Gasteiger partial charge in [0.1, 0.15) is 6.29 Å². The molecule has 0 aliphatic carbocycles. The number of carbonyl (C=O) groups is 1. The van der Waals surface area contributed by atoms with Crippen molar-refractivity contribution in [1.82, 2.24) is 0 Å². The molecule has 0 N–H and O–H groups in total. The monoisotopic (exact) mass is 226 g/mol. The maximum absolute atomic E-state index is 13.3. The van der Waals surface area contributed by atoms with Gasteiger partial charge in [-0.25, -0.2) is 4.39 Å². The van der Waals surface area contributed by atoms with Crippen molar-refractivity contribution >= 4 is 6.29 Å².